The summed E-state index contributed by atoms with van der Waals surface area (Å²) in [6.07, 6.45) is 4.98. The highest BCUT2D eigenvalue weighted by Crippen LogP contribution is 2.54. The third-order valence-corrected chi connectivity index (χ3v) is 4.47. The minimum absolute atomic E-state index is 0.103. The Bertz CT molecular complexity index is 640. The second-order valence-corrected chi connectivity index (χ2v) is 6.00. The van der Waals surface area contributed by atoms with Crippen molar-refractivity contribution in [1.29, 1.82) is 0 Å². The normalized spacial score (nSPS) is 21.3. The lowest BCUT2D eigenvalue weighted by Crippen LogP contribution is -2.15. The Kier molecular flexibility index (Phi) is 2.37. The molecule has 1 spiro atoms. The molecule has 0 bridgehead atoms. The largest absolute Gasteiger partial charge is 0.378 e. The highest BCUT2D eigenvalue weighted by atomic mass is 16.1. The van der Waals surface area contributed by atoms with E-state index in [1.807, 2.05) is 18.2 Å². The molecule has 4 heteroatoms. The first-order valence-electron chi connectivity index (χ1n) is 7.18. The SMILES string of the molecule is O=CC1=NC2(CC2)c2ccc(NCC(=O)C3CC3)cc21. The van der Waals surface area contributed by atoms with Crippen LogP contribution in [-0.4, -0.2) is 24.3 Å². The second-order valence-electron chi connectivity index (χ2n) is 6.00. The smallest absolute Gasteiger partial charge is 0.168 e. The number of carbonyl (C=O) groups is 2. The average Bonchev–Trinajstić information content (AvgIpc) is 3.35. The first kappa shape index (κ1) is 11.8. The second kappa shape index (κ2) is 4.01. The summed E-state index contributed by atoms with van der Waals surface area (Å²) >= 11 is 0. The fourth-order valence-electron chi connectivity index (χ4n) is 2.95. The molecule has 1 aromatic rings. The van der Waals surface area contributed by atoms with E-state index >= 15 is 0 Å². The number of aliphatic imine (C=N–C) groups is 1. The number of hydrogen-bond acceptors (Lipinski definition) is 4. The Morgan fingerprint density at radius 2 is 2.20 bits per heavy atom. The van der Waals surface area contributed by atoms with Crippen LogP contribution in [-0.2, 0) is 15.1 Å². The third-order valence-electron chi connectivity index (χ3n) is 4.47. The minimum atomic E-state index is -0.103. The maximum Gasteiger partial charge on any atom is 0.168 e. The lowest BCUT2D eigenvalue weighted by Gasteiger charge is -2.10. The van der Waals surface area contributed by atoms with Crippen LogP contribution < -0.4 is 5.32 Å². The summed E-state index contributed by atoms with van der Waals surface area (Å²) in [7, 11) is 0. The number of Topliss-reactive ketones (excluding diaryl/α,β-unsaturated/α-hetero) is 1. The Hall–Kier alpha value is -1.97. The predicted octanol–water partition coefficient (Wildman–Crippen LogP) is 2.07. The molecule has 2 fully saturated rings. The molecule has 2 saturated carbocycles. The Labute approximate surface area is 117 Å². The van der Waals surface area contributed by atoms with E-state index in [-0.39, 0.29) is 17.2 Å². The number of carbonyl (C=O) groups excluding carboxylic acids is 2. The molecule has 4 nitrogen and oxygen atoms in total. The van der Waals surface area contributed by atoms with Crippen molar-refractivity contribution in [2.75, 3.05) is 11.9 Å². The lowest BCUT2D eigenvalue weighted by molar-refractivity contribution is -0.118. The van der Waals surface area contributed by atoms with Gasteiger partial charge in [-0.3, -0.25) is 14.6 Å². The molecule has 0 saturated heterocycles. The molecule has 4 rings (SSSR count). The van der Waals surface area contributed by atoms with Crippen molar-refractivity contribution >= 4 is 23.5 Å². The third kappa shape index (κ3) is 1.79. The summed E-state index contributed by atoms with van der Waals surface area (Å²) < 4.78 is 0. The molecule has 0 radical (unpaired) electrons. The van der Waals surface area contributed by atoms with Crippen LogP contribution in [0.3, 0.4) is 0 Å². The van der Waals surface area contributed by atoms with Crippen molar-refractivity contribution < 1.29 is 9.59 Å². The monoisotopic (exact) mass is 268 g/mol. The molecule has 3 aliphatic rings. The molecular weight excluding hydrogens is 252 g/mol. The van der Waals surface area contributed by atoms with Crippen LogP contribution in [0.15, 0.2) is 23.2 Å². The molecule has 1 heterocycles. The van der Waals surface area contributed by atoms with E-state index < -0.39 is 0 Å². The van der Waals surface area contributed by atoms with Gasteiger partial charge in [-0.1, -0.05) is 6.07 Å². The molecule has 20 heavy (non-hydrogen) atoms. The van der Waals surface area contributed by atoms with Crippen molar-refractivity contribution in [2.45, 2.75) is 31.2 Å². The van der Waals surface area contributed by atoms with Gasteiger partial charge in [-0.25, -0.2) is 0 Å². The molecule has 0 atom stereocenters. The van der Waals surface area contributed by atoms with Gasteiger partial charge in [0.25, 0.3) is 0 Å². The van der Waals surface area contributed by atoms with Gasteiger partial charge in [0.1, 0.15) is 5.71 Å². The van der Waals surface area contributed by atoms with Crippen LogP contribution in [0, 0.1) is 5.92 Å². The van der Waals surface area contributed by atoms with E-state index in [1.54, 1.807) is 0 Å². The molecule has 0 amide bonds. The van der Waals surface area contributed by atoms with E-state index in [1.165, 1.54) is 5.56 Å². The van der Waals surface area contributed by atoms with Crippen LogP contribution in [0.25, 0.3) is 0 Å². The lowest BCUT2D eigenvalue weighted by atomic mass is 9.99. The molecule has 2 aliphatic carbocycles. The van der Waals surface area contributed by atoms with Crippen molar-refractivity contribution in [3.8, 4) is 0 Å². The number of ketones is 1. The number of benzene rings is 1. The van der Waals surface area contributed by atoms with Crippen LogP contribution in [0.1, 0.15) is 36.8 Å². The molecule has 1 aliphatic heterocycles. The Morgan fingerprint density at radius 1 is 1.40 bits per heavy atom. The van der Waals surface area contributed by atoms with Gasteiger partial charge >= 0.3 is 0 Å². The highest BCUT2D eigenvalue weighted by Gasteiger charge is 2.49. The number of nitrogens with one attached hydrogen (secondary N) is 1. The van der Waals surface area contributed by atoms with E-state index in [0.717, 1.165) is 43.2 Å². The zero-order valence-electron chi connectivity index (χ0n) is 11.2. The standard InChI is InChI=1S/C16H16N2O2/c19-9-14-12-7-11(17-8-15(20)10-1-2-10)3-4-13(12)16(18-14)5-6-16/h3-4,7,9-10,17H,1-2,5-6,8H2. The quantitative estimate of drug-likeness (QED) is 0.832. The van der Waals surface area contributed by atoms with Crippen molar-refractivity contribution in [3.63, 3.8) is 0 Å². The van der Waals surface area contributed by atoms with Gasteiger partial charge in [-0.15, -0.1) is 0 Å². The van der Waals surface area contributed by atoms with Crippen molar-refractivity contribution in [2.24, 2.45) is 10.9 Å². The zero-order valence-corrected chi connectivity index (χ0v) is 11.2. The molecule has 0 unspecified atom stereocenters. The summed E-state index contributed by atoms with van der Waals surface area (Å²) in [5, 5.41) is 3.17. The van der Waals surface area contributed by atoms with Crippen molar-refractivity contribution in [3.05, 3.63) is 29.3 Å². The number of aldehydes is 1. The van der Waals surface area contributed by atoms with Gasteiger partial charge in [0.15, 0.2) is 12.1 Å². The van der Waals surface area contributed by atoms with Gasteiger partial charge in [-0.05, 0) is 43.4 Å². The highest BCUT2D eigenvalue weighted by molar-refractivity contribution is 6.38. The number of fused-ring (bicyclic) bond motifs is 2. The van der Waals surface area contributed by atoms with E-state index in [9.17, 15) is 9.59 Å². The topological polar surface area (TPSA) is 58.5 Å². The molecule has 1 N–H and O–H groups in total. The minimum Gasteiger partial charge on any atom is -0.378 e. The summed E-state index contributed by atoms with van der Waals surface area (Å²) in [5.74, 6) is 0.562. The van der Waals surface area contributed by atoms with E-state index in [0.29, 0.717) is 12.3 Å². The van der Waals surface area contributed by atoms with Crippen LogP contribution in [0.4, 0.5) is 5.69 Å². The average molecular weight is 268 g/mol. The Morgan fingerprint density at radius 3 is 2.85 bits per heavy atom. The maximum absolute atomic E-state index is 11.7. The van der Waals surface area contributed by atoms with Gasteiger partial charge in [-0.2, -0.15) is 0 Å². The number of anilines is 1. The van der Waals surface area contributed by atoms with Gasteiger partial charge in [0.2, 0.25) is 0 Å². The zero-order chi connectivity index (χ0) is 13.7. The van der Waals surface area contributed by atoms with Crippen LogP contribution in [0.2, 0.25) is 0 Å². The fourth-order valence-corrected chi connectivity index (χ4v) is 2.95. The first-order valence-corrected chi connectivity index (χ1v) is 7.18. The fraction of sp³-hybridized carbons (Fsp3) is 0.438. The van der Waals surface area contributed by atoms with Gasteiger partial charge in [0.05, 0.1) is 12.1 Å². The molecule has 102 valence electrons. The molecule has 1 aromatic carbocycles. The van der Waals surface area contributed by atoms with Gasteiger partial charge in [0, 0.05) is 17.2 Å². The summed E-state index contributed by atoms with van der Waals surface area (Å²) in [6, 6.07) is 5.99. The molecule has 0 aromatic heterocycles. The van der Waals surface area contributed by atoms with Gasteiger partial charge < -0.3 is 5.32 Å². The number of nitrogens with zero attached hydrogens (tertiary/aromatic N) is 1. The van der Waals surface area contributed by atoms with Crippen molar-refractivity contribution in [1.82, 2.24) is 0 Å². The summed E-state index contributed by atoms with van der Waals surface area (Å²) in [6.45, 7) is 0.377. The summed E-state index contributed by atoms with van der Waals surface area (Å²) in [5.41, 5.74) is 3.44. The van der Waals surface area contributed by atoms with E-state index in [2.05, 4.69) is 10.3 Å². The number of rotatable bonds is 5. The molecular formula is C16H16N2O2. The Balaban J connectivity index is 1.56. The predicted molar refractivity (Wildman–Crippen MR) is 76.2 cm³/mol. The van der Waals surface area contributed by atoms with E-state index in [4.69, 9.17) is 0 Å². The summed E-state index contributed by atoms with van der Waals surface area (Å²) in [4.78, 5) is 27.4. The maximum atomic E-state index is 11.7. The first-order chi connectivity index (χ1) is 9.72. The number of hydrogen-bond donors (Lipinski definition) is 1. The van der Waals surface area contributed by atoms with Crippen LogP contribution >= 0.6 is 0 Å². The van der Waals surface area contributed by atoms with Crippen LogP contribution in [0.5, 0.6) is 0 Å².